The van der Waals surface area contributed by atoms with Gasteiger partial charge < -0.3 is 0 Å². The Labute approximate surface area is 66.5 Å². The van der Waals surface area contributed by atoms with E-state index in [4.69, 9.17) is 5.26 Å². The molecule has 0 aliphatic rings. The van der Waals surface area contributed by atoms with Crippen LogP contribution in [0.1, 0.15) is 19.7 Å². The average molecular weight is 150 g/mol. The summed E-state index contributed by atoms with van der Waals surface area (Å²) in [6.45, 7) is 5.77. The van der Waals surface area contributed by atoms with E-state index in [1.165, 1.54) is 0 Å². The largest absolute Gasteiger partial charge is 0.361 e. The Morgan fingerprint density at radius 1 is 1.64 bits per heavy atom. The van der Waals surface area contributed by atoms with E-state index in [0.29, 0.717) is 0 Å². The predicted octanol–water partition coefficient (Wildman–Crippen LogP) is 0.687. The molecule has 0 saturated carbocycles. The molecule has 0 aliphatic carbocycles. The summed E-state index contributed by atoms with van der Waals surface area (Å²) in [5, 5.41) is 8.76. The van der Waals surface area contributed by atoms with Crippen molar-refractivity contribution in [2.24, 2.45) is 0 Å². The summed E-state index contributed by atoms with van der Waals surface area (Å²) >= 11 is 0. The van der Waals surface area contributed by atoms with E-state index in [-0.39, 0.29) is 0 Å². The minimum Gasteiger partial charge on any atom is -0.221 e. The van der Waals surface area contributed by atoms with Gasteiger partial charge in [-0.15, -0.1) is 0 Å². The van der Waals surface area contributed by atoms with E-state index < -0.39 is 0 Å². The summed E-state index contributed by atoms with van der Waals surface area (Å²) < 4.78 is 3.87. The van der Waals surface area contributed by atoms with Crippen molar-refractivity contribution in [1.29, 1.82) is 5.26 Å². The van der Waals surface area contributed by atoms with Gasteiger partial charge in [0.05, 0.1) is 13.1 Å². The molecule has 1 aromatic rings. The summed E-state index contributed by atoms with van der Waals surface area (Å²) in [7, 11) is 0. The highest BCUT2D eigenvalue weighted by molar-refractivity contribution is 5.04. The molecule has 3 nitrogen and oxygen atoms in total. The third-order valence-corrected chi connectivity index (χ3v) is 1.75. The van der Waals surface area contributed by atoms with Crippen molar-refractivity contribution in [3.8, 4) is 6.07 Å². The maximum atomic E-state index is 8.76. The molecule has 0 amide bonds. The molecule has 0 aliphatic heterocycles. The maximum Gasteiger partial charge on any atom is 0.361 e. The number of nitriles is 1. The lowest BCUT2D eigenvalue weighted by Gasteiger charge is -1.90. The number of rotatable bonds is 2. The van der Waals surface area contributed by atoms with Crippen LogP contribution in [0.5, 0.6) is 0 Å². The number of nitrogens with zero attached hydrogens (tertiary/aromatic N) is 3. The van der Waals surface area contributed by atoms with Crippen LogP contribution >= 0.6 is 0 Å². The molecule has 1 rings (SSSR count). The molecular formula is C8H12N3+. The van der Waals surface area contributed by atoms with Gasteiger partial charge in [0.2, 0.25) is 0 Å². The van der Waals surface area contributed by atoms with Gasteiger partial charge in [0.1, 0.15) is 12.4 Å². The average Bonchev–Trinajstić information content (AvgIpc) is 2.45. The van der Waals surface area contributed by atoms with Gasteiger partial charge in [0, 0.05) is 0 Å². The zero-order chi connectivity index (χ0) is 8.27. The van der Waals surface area contributed by atoms with Crippen molar-refractivity contribution < 1.29 is 4.57 Å². The molecule has 3 heteroatoms. The van der Waals surface area contributed by atoms with Gasteiger partial charge >= 0.3 is 5.82 Å². The Balaban J connectivity index is 3.12. The summed E-state index contributed by atoms with van der Waals surface area (Å²) in [5.74, 6) is 0.731. The van der Waals surface area contributed by atoms with Gasteiger partial charge in [-0.3, -0.25) is 0 Å². The zero-order valence-electron chi connectivity index (χ0n) is 6.91. The van der Waals surface area contributed by atoms with Crippen molar-refractivity contribution >= 4 is 0 Å². The zero-order valence-corrected chi connectivity index (χ0v) is 6.91. The quantitative estimate of drug-likeness (QED) is 0.571. The first-order valence-electron chi connectivity index (χ1n) is 3.82. The first-order valence-corrected chi connectivity index (χ1v) is 3.82. The van der Waals surface area contributed by atoms with Crippen LogP contribution in [0.25, 0.3) is 0 Å². The molecule has 0 atom stereocenters. The van der Waals surface area contributed by atoms with Crippen LogP contribution < -0.4 is 4.57 Å². The van der Waals surface area contributed by atoms with Crippen LogP contribution in [0, 0.1) is 11.3 Å². The van der Waals surface area contributed by atoms with Crippen molar-refractivity contribution in [3.63, 3.8) is 0 Å². The van der Waals surface area contributed by atoms with Crippen molar-refractivity contribution in [2.45, 2.75) is 26.9 Å². The van der Waals surface area contributed by atoms with E-state index >= 15 is 0 Å². The molecule has 1 aromatic heterocycles. The first-order chi connectivity index (χ1) is 5.33. The van der Waals surface area contributed by atoms with E-state index in [0.717, 1.165) is 18.9 Å². The minimum atomic E-state index is 0.731. The summed E-state index contributed by atoms with van der Waals surface area (Å²) in [6.07, 6.45) is 3.87. The van der Waals surface area contributed by atoms with E-state index in [1.54, 1.807) is 0 Å². The highest BCUT2D eigenvalue weighted by atomic mass is 15.1. The van der Waals surface area contributed by atoms with Crippen LogP contribution in [0.3, 0.4) is 0 Å². The smallest absolute Gasteiger partial charge is 0.221 e. The van der Waals surface area contributed by atoms with Crippen LogP contribution in [0.4, 0.5) is 0 Å². The molecule has 0 radical (unpaired) electrons. The summed E-state index contributed by atoms with van der Waals surface area (Å²) in [4.78, 5) is 0. The second kappa shape index (κ2) is 3.20. The molecule has 0 spiro atoms. The molecular weight excluding hydrogens is 138 g/mol. The second-order valence-corrected chi connectivity index (χ2v) is 2.31. The van der Waals surface area contributed by atoms with E-state index in [9.17, 15) is 0 Å². The molecule has 1 heterocycles. The maximum absolute atomic E-state index is 8.76. The topological polar surface area (TPSA) is 32.6 Å². The molecule has 0 aromatic carbocycles. The number of aromatic nitrogens is 2. The van der Waals surface area contributed by atoms with Gasteiger partial charge in [0.25, 0.3) is 0 Å². The van der Waals surface area contributed by atoms with Gasteiger partial charge in [-0.25, -0.2) is 9.13 Å². The van der Waals surface area contributed by atoms with Crippen molar-refractivity contribution in [1.82, 2.24) is 4.57 Å². The van der Waals surface area contributed by atoms with E-state index in [1.807, 2.05) is 35.4 Å². The monoisotopic (exact) mass is 150 g/mol. The Morgan fingerprint density at radius 2 is 2.36 bits per heavy atom. The highest BCUT2D eigenvalue weighted by Gasteiger charge is 2.12. The molecule has 0 bridgehead atoms. The lowest BCUT2D eigenvalue weighted by molar-refractivity contribution is -0.695. The number of imidazole rings is 1. The normalized spacial score (nSPS) is 9.55. The lowest BCUT2D eigenvalue weighted by atomic mass is 10.6. The number of hydrogen-bond acceptors (Lipinski definition) is 1. The predicted molar refractivity (Wildman–Crippen MR) is 40.7 cm³/mol. The Kier molecular flexibility index (Phi) is 2.27. The molecule has 58 valence electrons. The Morgan fingerprint density at radius 3 is 2.82 bits per heavy atom. The second-order valence-electron chi connectivity index (χ2n) is 2.31. The molecule has 0 unspecified atom stereocenters. The van der Waals surface area contributed by atoms with Gasteiger partial charge in [-0.1, -0.05) is 0 Å². The Bertz CT molecular complexity index is 259. The standard InChI is InChI=1S/C8H12N3/c1-3-10-5-6-11(4-2)8(10)7-9/h5-6H,3-4H2,1-2H3/q+1. The van der Waals surface area contributed by atoms with Crippen LogP contribution in [0.2, 0.25) is 0 Å². The van der Waals surface area contributed by atoms with Crippen LogP contribution in [-0.4, -0.2) is 4.57 Å². The third-order valence-electron chi connectivity index (χ3n) is 1.75. The highest BCUT2D eigenvalue weighted by Crippen LogP contribution is 1.92. The lowest BCUT2D eigenvalue weighted by Crippen LogP contribution is -2.34. The van der Waals surface area contributed by atoms with Crippen LogP contribution in [0.15, 0.2) is 12.4 Å². The summed E-state index contributed by atoms with van der Waals surface area (Å²) in [5.41, 5.74) is 0. The van der Waals surface area contributed by atoms with Gasteiger partial charge in [-0.2, -0.15) is 5.26 Å². The Hall–Kier alpha value is -1.30. The first kappa shape index (κ1) is 7.80. The fraction of sp³-hybridized carbons (Fsp3) is 0.500. The van der Waals surface area contributed by atoms with Gasteiger partial charge in [-0.05, 0) is 13.8 Å². The summed E-state index contributed by atoms with van der Waals surface area (Å²) in [6, 6.07) is 2.17. The van der Waals surface area contributed by atoms with Crippen LogP contribution in [-0.2, 0) is 13.1 Å². The number of hydrogen-bond donors (Lipinski definition) is 0. The van der Waals surface area contributed by atoms with Gasteiger partial charge in [0.15, 0.2) is 6.07 Å². The SMILES string of the molecule is CCn1cc[n+](CC)c1C#N. The molecule has 11 heavy (non-hydrogen) atoms. The molecule has 0 saturated heterocycles. The molecule has 0 fully saturated rings. The molecule has 0 N–H and O–H groups in total. The fourth-order valence-electron chi connectivity index (χ4n) is 1.11. The minimum absolute atomic E-state index is 0.731. The number of aryl methyl sites for hydroxylation is 2. The van der Waals surface area contributed by atoms with Crippen molar-refractivity contribution in [3.05, 3.63) is 18.2 Å². The van der Waals surface area contributed by atoms with Crippen molar-refractivity contribution in [2.75, 3.05) is 0 Å². The fourth-order valence-corrected chi connectivity index (χ4v) is 1.11. The third kappa shape index (κ3) is 1.25. The van der Waals surface area contributed by atoms with E-state index in [2.05, 4.69) is 6.07 Å².